The fraction of sp³-hybridized carbons (Fsp3) is 0.320. The van der Waals surface area contributed by atoms with Gasteiger partial charge in [-0.2, -0.15) is 5.10 Å². The molecule has 0 radical (unpaired) electrons. The zero-order valence-electron chi connectivity index (χ0n) is 18.6. The molecule has 1 aliphatic rings. The molecular weight excluding hydrogens is 402 g/mol. The summed E-state index contributed by atoms with van der Waals surface area (Å²) in [6, 6.07) is 12.9. The van der Waals surface area contributed by atoms with Gasteiger partial charge in [0.05, 0.1) is 5.69 Å². The molecule has 5 rings (SSSR count). The minimum absolute atomic E-state index is 0.0000577. The number of aromatic amines is 2. The van der Waals surface area contributed by atoms with Crippen LogP contribution in [-0.4, -0.2) is 32.7 Å². The van der Waals surface area contributed by atoms with Crippen LogP contribution >= 0.6 is 0 Å². The van der Waals surface area contributed by atoms with Gasteiger partial charge in [0.2, 0.25) is 5.91 Å². The van der Waals surface area contributed by atoms with Gasteiger partial charge in [0.15, 0.2) is 0 Å². The fourth-order valence-corrected chi connectivity index (χ4v) is 4.51. The maximum Gasteiger partial charge on any atom is 0.250 e. The van der Waals surface area contributed by atoms with E-state index < -0.39 is 0 Å². The van der Waals surface area contributed by atoms with Crippen LogP contribution in [0.25, 0.3) is 22.3 Å². The number of nitrogens with one attached hydrogen (secondary N) is 2. The van der Waals surface area contributed by atoms with E-state index in [-0.39, 0.29) is 18.0 Å². The number of carbonyl (C=O) groups is 1. The summed E-state index contributed by atoms with van der Waals surface area (Å²) < 4.78 is 1.41. The first-order chi connectivity index (χ1) is 15.3. The lowest BCUT2D eigenvalue weighted by Gasteiger charge is -2.28. The third-order valence-electron chi connectivity index (χ3n) is 6.49. The Kier molecular flexibility index (Phi) is 4.77. The monoisotopic (exact) mass is 429 g/mol. The number of benzene rings is 1. The normalized spacial score (nSPS) is 15.0. The van der Waals surface area contributed by atoms with Gasteiger partial charge in [0.25, 0.3) is 5.56 Å². The van der Waals surface area contributed by atoms with Crippen molar-refractivity contribution in [2.75, 3.05) is 11.9 Å². The van der Waals surface area contributed by atoms with Gasteiger partial charge in [0.1, 0.15) is 12.2 Å². The number of aromatic nitrogens is 4. The van der Waals surface area contributed by atoms with Crippen molar-refractivity contribution in [2.24, 2.45) is 5.41 Å². The van der Waals surface area contributed by atoms with Gasteiger partial charge >= 0.3 is 0 Å². The predicted molar refractivity (Wildman–Crippen MR) is 126 cm³/mol. The van der Waals surface area contributed by atoms with E-state index in [4.69, 9.17) is 0 Å². The molecule has 0 fully saturated rings. The Morgan fingerprint density at radius 1 is 1.22 bits per heavy atom. The van der Waals surface area contributed by atoms with Crippen molar-refractivity contribution < 1.29 is 4.79 Å². The molecule has 1 amide bonds. The lowest BCUT2D eigenvalue weighted by Crippen LogP contribution is -2.33. The zero-order valence-corrected chi connectivity index (χ0v) is 18.6. The molecule has 32 heavy (non-hydrogen) atoms. The van der Waals surface area contributed by atoms with Crippen molar-refractivity contribution in [3.05, 3.63) is 70.3 Å². The standard InChI is InChI=1S/C25H27N5O2/c1-25(2)10-9-18-21(14-25)27-28-24(18)20-12-16-7-8-17(13-19(16)26-20)29(3)23(32)15-30-11-5-4-6-22(30)31/h4-8,11-13,26H,9-10,14-15H2,1-3H3,(H,27,28). The number of fused-ring (bicyclic) bond motifs is 2. The Balaban J connectivity index is 1.41. The Morgan fingerprint density at radius 3 is 2.88 bits per heavy atom. The van der Waals surface area contributed by atoms with E-state index in [0.717, 1.165) is 47.2 Å². The SMILES string of the molecule is CN(C(=O)Cn1ccccc1=O)c1ccc2cc(-c3n[nH]c4c3CCC(C)(C)C4)[nH]c2c1. The van der Waals surface area contributed by atoms with Crippen molar-refractivity contribution in [2.45, 2.75) is 39.7 Å². The second-order valence-electron chi connectivity index (χ2n) is 9.44. The number of rotatable bonds is 4. The van der Waals surface area contributed by atoms with Gasteiger partial charge in [-0.1, -0.05) is 26.0 Å². The Morgan fingerprint density at radius 2 is 2.06 bits per heavy atom. The minimum atomic E-state index is -0.190. The zero-order chi connectivity index (χ0) is 22.5. The first-order valence-corrected chi connectivity index (χ1v) is 10.9. The molecule has 7 heteroatoms. The van der Waals surface area contributed by atoms with Crippen LogP contribution in [0.15, 0.2) is 53.5 Å². The van der Waals surface area contributed by atoms with Crippen LogP contribution < -0.4 is 10.5 Å². The molecule has 0 spiro atoms. The highest BCUT2D eigenvalue weighted by molar-refractivity contribution is 5.96. The summed E-state index contributed by atoms with van der Waals surface area (Å²) in [5.74, 6) is -0.159. The lowest BCUT2D eigenvalue weighted by atomic mass is 9.76. The number of carbonyl (C=O) groups excluding carboxylic acids is 1. The van der Waals surface area contributed by atoms with Crippen LogP contribution in [0, 0.1) is 5.41 Å². The van der Waals surface area contributed by atoms with E-state index in [2.05, 4.69) is 35.1 Å². The Labute approximate surface area is 186 Å². The highest BCUT2D eigenvalue weighted by Crippen LogP contribution is 2.38. The summed E-state index contributed by atoms with van der Waals surface area (Å²) in [4.78, 5) is 29.7. The Bertz CT molecular complexity index is 1370. The second-order valence-corrected chi connectivity index (χ2v) is 9.44. The third kappa shape index (κ3) is 3.64. The molecule has 0 saturated heterocycles. The number of pyridine rings is 1. The molecule has 7 nitrogen and oxygen atoms in total. The smallest absolute Gasteiger partial charge is 0.250 e. The molecule has 3 heterocycles. The molecule has 0 bridgehead atoms. The molecule has 0 unspecified atom stereocenters. The molecule has 2 N–H and O–H groups in total. The van der Waals surface area contributed by atoms with Crippen LogP contribution in [0.3, 0.4) is 0 Å². The van der Waals surface area contributed by atoms with Gasteiger partial charge in [-0.25, -0.2) is 0 Å². The van der Waals surface area contributed by atoms with Gasteiger partial charge in [-0.05, 0) is 48.9 Å². The minimum Gasteiger partial charge on any atom is -0.353 e. The average molecular weight is 430 g/mol. The number of amides is 1. The van der Waals surface area contributed by atoms with Gasteiger partial charge in [0, 0.05) is 47.2 Å². The van der Waals surface area contributed by atoms with Crippen molar-refractivity contribution in [3.63, 3.8) is 0 Å². The maximum atomic E-state index is 12.7. The number of anilines is 1. The van der Waals surface area contributed by atoms with Crippen LogP contribution in [0.5, 0.6) is 0 Å². The lowest BCUT2D eigenvalue weighted by molar-refractivity contribution is -0.118. The van der Waals surface area contributed by atoms with Gasteiger partial charge in [-0.15, -0.1) is 0 Å². The molecule has 3 aromatic heterocycles. The van der Waals surface area contributed by atoms with Crippen LogP contribution in [0.2, 0.25) is 0 Å². The maximum absolute atomic E-state index is 12.7. The Hall–Kier alpha value is -3.61. The highest BCUT2D eigenvalue weighted by Gasteiger charge is 2.29. The molecule has 1 aromatic carbocycles. The number of hydrogen-bond acceptors (Lipinski definition) is 3. The molecule has 164 valence electrons. The first-order valence-electron chi connectivity index (χ1n) is 10.9. The van der Waals surface area contributed by atoms with E-state index in [1.165, 1.54) is 21.9 Å². The summed E-state index contributed by atoms with van der Waals surface area (Å²) >= 11 is 0. The summed E-state index contributed by atoms with van der Waals surface area (Å²) in [6.45, 7) is 4.60. The third-order valence-corrected chi connectivity index (χ3v) is 6.49. The van der Waals surface area contributed by atoms with Crippen molar-refractivity contribution in [1.82, 2.24) is 19.7 Å². The van der Waals surface area contributed by atoms with E-state index >= 15 is 0 Å². The number of H-pyrrole nitrogens is 2. The molecule has 0 atom stereocenters. The van der Waals surface area contributed by atoms with E-state index in [0.29, 0.717) is 5.41 Å². The quantitative estimate of drug-likeness (QED) is 0.516. The predicted octanol–water partition coefficient (Wildman–Crippen LogP) is 3.90. The van der Waals surface area contributed by atoms with E-state index in [9.17, 15) is 9.59 Å². The first kappa shape index (κ1) is 20.3. The summed E-state index contributed by atoms with van der Waals surface area (Å²) in [6.07, 6.45) is 4.80. The molecule has 0 saturated carbocycles. The molecule has 4 aromatic rings. The topological polar surface area (TPSA) is 86.8 Å². The summed E-state index contributed by atoms with van der Waals surface area (Å²) in [5.41, 5.74) is 6.33. The summed E-state index contributed by atoms with van der Waals surface area (Å²) in [7, 11) is 1.73. The fourth-order valence-electron chi connectivity index (χ4n) is 4.51. The van der Waals surface area contributed by atoms with Gasteiger partial charge < -0.3 is 14.5 Å². The molecular formula is C25H27N5O2. The van der Waals surface area contributed by atoms with Crippen LogP contribution in [0.1, 0.15) is 31.5 Å². The van der Waals surface area contributed by atoms with Crippen molar-refractivity contribution in [3.8, 4) is 11.4 Å². The van der Waals surface area contributed by atoms with Crippen molar-refractivity contribution >= 4 is 22.5 Å². The van der Waals surface area contributed by atoms with Crippen molar-refractivity contribution in [1.29, 1.82) is 0 Å². The van der Waals surface area contributed by atoms with Crippen LogP contribution in [-0.2, 0) is 24.2 Å². The van der Waals surface area contributed by atoms with E-state index in [1.54, 1.807) is 30.3 Å². The number of likely N-dealkylation sites (N-methyl/N-ethyl adjacent to an activating group) is 1. The second kappa shape index (κ2) is 7.51. The van der Waals surface area contributed by atoms with Gasteiger partial charge in [-0.3, -0.25) is 14.7 Å². The van der Waals surface area contributed by atoms with Crippen LogP contribution in [0.4, 0.5) is 5.69 Å². The highest BCUT2D eigenvalue weighted by atomic mass is 16.2. The number of hydrogen-bond donors (Lipinski definition) is 2. The largest absolute Gasteiger partial charge is 0.353 e. The van der Waals surface area contributed by atoms with E-state index in [1.807, 2.05) is 18.2 Å². The molecule has 0 aliphatic heterocycles. The number of nitrogens with zero attached hydrogens (tertiary/aromatic N) is 3. The summed E-state index contributed by atoms with van der Waals surface area (Å²) in [5, 5.41) is 8.93. The molecule has 1 aliphatic carbocycles. The average Bonchev–Trinajstić information content (AvgIpc) is 3.36.